The Bertz CT molecular complexity index is 255. The molecule has 1 aliphatic heterocycles. The van der Waals surface area contributed by atoms with Crippen LogP contribution in [0.15, 0.2) is 12.2 Å². The average Bonchev–Trinajstić information content (AvgIpc) is 3.01. The molecule has 2 bridgehead atoms. The van der Waals surface area contributed by atoms with Gasteiger partial charge in [0.15, 0.2) is 0 Å². The first-order valence-electron chi connectivity index (χ1n) is 6.75. The van der Waals surface area contributed by atoms with E-state index in [2.05, 4.69) is 12.2 Å². The van der Waals surface area contributed by atoms with Crippen LogP contribution in [0.4, 0.5) is 0 Å². The fourth-order valence-electron chi connectivity index (χ4n) is 3.43. The molecular weight excluding hydrogens is 200 g/mol. The molecule has 2 nitrogen and oxygen atoms in total. The number of fused-ring (bicyclic) bond motifs is 2. The van der Waals surface area contributed by atoms with E-state index in [4.69, 9.17) is 9.47 Å². The summed E-state index contributed by atoms with van der Waals surface area (Å²) < 4.78 is 11.1. The molecule has 1 saturated heterocycles. The second-order valence-corrected chi connectivity index (χ2v) is 5.63. The molecule has 0 aromatic carbocycles. The van der Waals surface area contributed by atoms with Crippen molar-refractivity contribution in [3.05, 3.63) is 12.2 Å². The lowest BCUT2D eigenvalue weighted by molar-refractivity contribution is 0.0786. The third kappa shape index (κ3) is 2.33. The summed E-state index contributed by atoms with van der Waals surface area (Å²) in [5.41, 5.74) is 0. The van der Waals surface area contributed by atoms with Gasteiger partial charge in [0.05, 0.1) is 13.2 Å². The molecule has 0 aromatic rings. The minimum absolute atomic E-state index is 0.667. The molecule has 90 valence electrons. The summed E-state index contributed by atoms with van der Waals surface area (Å²) in [5.74, 6) is 3.36. The number of allylic oxidation sites excluding steroid dienone is 2. The second-order valence-electron chi connectivity index (χ2n) is 5.63. The van der Waals surface area contributed by atoms with E-state index in [1.807, 2.05) is 0 Å². The fraction of sp³-hybridized carbons (Fsp3) is 0.857. The van der Waals surface area contributed by atoms with Crippen LogP contribution in [-0.2, 0) is 9.47 Å². The van der Waals surface area contributed by atoms with Crippen molar-refractivity contribution in [2.45, 2.75) is 25.7 Å². The molecule has 2 heteroatoms. The number of ether oxygens (including phenoxy) is 2. The second kappa shape index (κ2) is 4.89. The zero-order valence-corrected chi connectivity index (χ0v) is 9.94. The maximum absolute atomic E-state index is 5.78. The third-order valence-corrected chi connectivity index (χ3v) is 4.43. The number of rotatable bonds is 5. The van der Waals surface area contributed by atoms with Crippen molar-refractivity contribution in [1.29, 1.82) is 0 Å². The number of hydrogen-bond acceptors (Lipinski definition) is 2. The largest absolute Gasteiger partial charge is 0.381 e. The Labute approximate surface area is 98.0 Å². The van der Waals surface area contributed by atoms with Gasteiger partial charge in [-0.15, -0.1) is 0 Å². The summed E-state index contributed by atoms with van der Waals surface area (Å²) in [6.45, 7) is 3.72. The summed E-state index contributed by atoms with van der Waals surface area (Å²) in [6.07, 6.45) is 10.1. The Hall–Kier alpha value is -0.340. The zero-order valence-electron chi connectivity index (χ0n) is 9.94. The molecule has 0 N–H and O–H groups in total. The van der Waals surface area contributed by atoms with Gasteiger partial charge in [-0.25, -0.2) is 0 Å². The smallest absolute Gasteiger partial charge is 0.0517 e. The van der Waals surface area contributed by atoms with Crippen LogP contribution in [0, 0.1) is 23.7 Å². The van der Waals surface area contributed by atoms with Crippen molar-refractivity contribution in [1.82, 2.24) is 0 Å². The first kappa shape index (κ1) is 10.8. The highest BCUT2D eigenvalue weighted by Gasteiger charge is 2.34. The van der Waals surface area contributed by atoms with Crippen molar-refractivity contribution in [3.8, 4) is 0 Å². The van der Waals surface area contributed by atoms with Gasteiger partial charge in [0, 0.05) is 19.1 Å². The van der Waals surface area contributed by atoms with Crippen LogP contribution in [0.5, 0.6) is 0 Å². The molecule has 0 radical (unpaired) electrons. The van der Waals surface area contributed by atoms with Crippen molar-refractivity contribution >= 4 is 0 Å². The van der Waals surface area contributed by atoms with E-state index in [1.165, 1.54) is 25.7 Å². The molecule has 0 aromatic heterocycles. The van der Waals surface area contributed by atoms with E-state index in [0.29, 0.717) is 5.92 Å². The van der Waals surface area contributed by atoms with Gasteiger partial charge in [-0.1, -0.05) is 12.2 Å². The quantitative estimate of drug-likeness (QED) is 0.526. The van der Waals surface area contributed by atoms with Crippen molar-refractivity contribution in [2.75, 3.05) is 26.4 Å². The predicted molar refractivity (Wildman–Crippen MR) is 63.2 cm³/mol. The highest BCUT2D eigenvalue weighted by Crippen LogP contribution is 2.44. The maximum Gasteiger partial charge on any atom is 0.0517 e. The molecule has 4 unspecified atom stereocenters. The van der Waals surface area contributed by atoms with Crippen LogP contribution in [0.3, 0.4) is 0 Å². The highest BCUT2D eigenvalue weighted by atomic mass is 16.5. The minimum atomic E-state index is 0.667. The molecule has 2 fully saturated rings. The molecule has 3 rings (SSSR count). The van der Waals surface area contributed by atoms with Gasteiger partial charge in [0.1, 0.15) is 0 Å². The Morgan fingerprint density at radius 1 is 1.25 bits per heavy atom. The van der Waals surface area contributed by atoms with E-state index in [1.54, 1.807) is 0 Å². The van der Waals surface area contributed by atoms with Gasteiger partial charge in [0.25, 0.3) is 0 Å². The monoisotopic (exact) mass is 222 g/mol. The Balaban J connectivity index is 1.30. The standard InChI is InChI=1S/C14H22O2/c1-2-13-7-11(1)8-14(13)4-6-16-10-12-3-5-15-9-12/h1-2,11-14H,3-10H2. The van der Waals surface area contributed by atoms with E-state index >= 15 is 0 Å². The number of hydrogen-bond donors (Lipinski definition) is 0. The summed E-state index contributed by atoms with van der Waals surface area (Å²) in [4.78, 5) is 0. The molecular formula is C14H22O2. The van der Waals surface area contributed by atoms with Crippen LogP contribution >= 0.6 is 0 Å². The Morgan fingerprint density at radius 3 is 2.94 bits per heavy atom. The SMILES string of the molecule is C1=CC2CC1CC2CCOCC1CCOC1. The van der Waals surface area contributed by atoms with Crippen molar-refractivity contribution in [3.63, 3.8) is 0 Å². The first-order valence-corrected chi connectivity index (χ1v) is 6.75. The lowest BCUT2D eigenvalue weighted by Crippen LogP contribution is -2.14. The van der Waals surface area contributed by atoms with E-state index < -0.39 is 0 Å². The highest BCUT2D eigenvalue weighted by molar-refractivity contribution is 5.09. The summed E-state index contributed by atoms with van der Waals surface area (Å²) in [6, 6.07) is 0. The first-order chi connectivity index (χ1) is 7.92. The lowest BCUT2D eigenvalue weighted by atomic mass is 9.91. The molecule has 0 amide bonds. The zero-order chi connectivity index (χ0) is 10.8. The summed E-state index contributed by atoms with van der Waals surface area (Å²) >= 11 is 0. The normalized spacial score (nSPS) is 41.0. The minimum Gasteiger partial charge on any atom is -0.381 e. The molecule has 3 aliphatic rings. The third-order valence-electron chi connectivity index (χ3n) is 4.43. The molecule has 16 heavy (non-hydrogen) atoms. The van der Waals surface area contributed by atoms with Gasteiger partial charge in [-0.3, -0.25) is 0 Å². The van der Waals surface area contributed by atoms with Crippen LogP contribution in [0.25, 0.3) is 0 Å². The fourth-order valence-corrected chi connectivity index (χ4v) is 3.43. The van der Waals surface area contributed by atoms with Crippen LogP contribution in [0.2, 0.25) is 0 Å². The van der Waals surface area contributed by atoms with Gasteiger partial charge in [0.2, 0.25) is 0 Å². The van der Waals surface area contributed by atoms with Crippen LogP contribution in [-0.4, -0.2) is 26.4 Å². The van der Waals surface area contributed by atoms with Gasteiger partial charge < -0.3 is 9.47 Å². The van der Waals surface area contributed by atoms with Gasteiger partial charge >= 0.3 is 0 Å². The van der Waals surface area contributed by atoms with Crippen molar-refractivity contribution < 1.29 is 9.47 Å². The maximum atomic E-state index is 5.78. The molecule has 0 spiro atoms. The molecule has 4 atom stereocenters. The topological polar surface area (TPSA) is 18.5 Å². The summed E-state index contributed by atoms with van der Waals surface area (Å²) in [5, 5.41) is 0. The van der Waals surface area contributed by atoms with Crippen LogP contribution in [0.1, 0.15) is 25.7 Å². The van der Waals surface area contributed by atoms with E-state index in [0.717, 1.165) is 44.2 Å². The molecule has 1 heterocycles. The molecule has 1 saturated carbocycles. The lowest BCUT2D eigenvalue weighted by Gasteiger charge is -2.18. The van der Waals surface area contributed by atoms with Crippen molar-refractivity contribution in [2.24, 2.45) is 23.7 Å². The van der Waals surface area contributed by atoms with Crippen LogP contribution < -0.4 is 0 Å². The Morgan fingerprint density at radius 2 is 2.25 bits per heavy atom. The summed E-state index contributed by atoms with van der Waals surface area (Å²) in [7, 11) is 0. The predicted octanol–water partition coefficient (Wildman–Crippen LogP) is 2.64. The van der Waals surface area contributed by atoms with Gasteiger partial charge in [-0.05, 0) is 43.4 Å². The molecule has 2 aliphatic carbocycles. The Kier molecular flexibility index (Phi) is 3.30. The van der Waals surface area contributed by atoms with Gasteiger partial charge in [-0.2, -0.15) is 0 Å². The van der Waals surface area contributed by atoms with E-state index in [-0.39, 0.29) is 0 Å². The van der Waals surface area contributed by atoms with E-state index in [9.17, 15) is 0 Å². The average molecular weight is 222 g/mol.